The molecule has 2 N–H and O–H groups in total. The molecule has 1 aromatic heterocycles. The highest BCUT2D eigenvalue weighted by Gasteiger charge is 2.20. The number of Topliss-reactive ketones (excluding diaryl/α,β-unsaturated/α-hetero) is 1. The Balaban J connectivity index is 1.62. The fourth-order valence-corrected chi connectivity index (χ4v) is 4.43. The molecular formula is C21H22N2O5S. The number of H-pyrrole nitrogens is 1. The summed E-state index contributed by atoms with van der Waals surface area (Å²) < 4.78 is 32.1. The number of sulfonamides is 1. The molecule has 152 valence electrons. The summed E-state index contributed by atoms with van der Waals surface area (Å²) in [4.78, 5) is 27.7. The van der Waals surface area contributed by atoms with E-state index >= 15 is 0 Å². The van der Waals surface area contributed by atoms with Gasteiger partial charge in [-0.1, -0.05) is 30.3 Å². The van der Waals surface area contributed by atoms with Gasteiger partial charge in [-0.05, 0) is 44.0 Å². The normalized spacial score (nSPS) is 11.6. The average Bonchev–Trinajstić information content (AvgIpc) is 3.02. The van der Waals surface area contributed by atoms with Crippen LogP contribution >= 0.6 is 0 Å². The maximum absolute atomic E-state index is 12.5. The number of hydrogen-bond acceptors (Lipinski definition) is 5. The Labute approximate surface area is 169 Å². The molecule has 8 heteroatoms. The maximum atomic E-state index is 12.5. The Bertz CT molecular complexity index is 1200. The number of nitrogens with one attached hydrogen (secondary N) is 2. The van der Waals surface area contributed by atoms with Crippen molar-refractivity contribution in [3.63, 3.8) is 0 Å². The lowest BCUT2D eigenvalue weighted by Crippen LogP contribution is -2.32. The molecule has 0 amide bonds. The van der Waals surface area contributed by atoms with Gasteiger partial charge in [0.05, 0.1) is 4.90 Å². The third-order valence-corrected chi connectivity index (χ3v) is 6.12. The number of aromatic amines is 1. The number of aromatic nitrogens is 1. The minimum atomic E-state index is -3.87. The van der Waals surface area contributed by atoms with Crippen LogP contribution in [0, 0.1) is 20.8 Å². The molecule has 0 saturated heterocycles. The van der Waals surface area contributed by atoms with Crippen molar-refractivity contribution in [2.45, 2.75) is 25.7 Å². The van der Waals surface area contributed by atoms with Gasteiger partial charge in [-0.2, -0.15) is 4.72 Å². The fraction of sp³-hybridized carbons (Fsp3) is 0.238. The van der Waals surface area contributed by atoms with E-state index in [1.807, 2.05) is 24.3 Å². The minimum absolute atomic E-state index is 0.107. The molecule has 0 bridgehead atoms. The zero-order chi connectivity index (χ0) is 21.2. The first-order valence-electron chi connectivity index (χ1n) is 9.02. The van der Waals surface area contributed by atoms with Crippen LogP contribution in [0.3, 0.4) is 0 Å². The zero-order valence-electron chi connectivity index (χ0n) is 16.4. The van der Waals surface area contributed by atoms with Crippen molar-refractivity contribution in [1.82, 2.24) is 9.71 Å². The summed E-state index contributed by atoms with van der Waals surface area (Å²) in [5, 5.41) is 0.752. The van der Waals surface area contributed by atoms with E-state index in [0.29, 0.717) is 16.8 Å². The van der Waals surface area contributed by atoms with Gasteiger partial charge < -0.3 is 9.72 Å². The monoisotopic (exact) mass is 414 g/mol. The molecule has 0 aliphatic rings. The van der Waals surface area contributed by atoms with Crippen LogP contribution in [-0.2, 0) is 19.6 Å². The molecule has 0 fully saturated rings. The largest absolute Gasteiger partial charge is 0.456 e. The predicted octanol–water partition coefficient (Wildman–Crippen LogP) is 2.80. The molecular weight excluding hydrogens is 392 g/mol. The van der Waals surface area contributed by atoms with Crippen LogP contribution in [0.15, 0.2) is 47.4 Å². The smallest absolute Gasteiger partial charge is 0.321 e. The molecule has 0 spiro atoms. The summed E-state index contributed by atoms with van der Waals surface area (Å²) in [6.45, 7) is 4.20. The summed E-state index contributed by atoms with van der Waals surface area (Å²) in [6, 6.07) is 12.4. The topological polar surface area (TPSA) is 105 Å². The zero-order valence-corrected chi connectivity index (χ0v) is 17.2. The second-order valence-electron chi connectivity index (χ2n) is 6.85. The molecule has 3 rings (SSSR count). The summed E-state index contributed by atoms with van der Waals surface area (Å²) in [7, 11) is -3.87. The molecule has 2 aromatic carbocycles. The lowest BCUT2D eigenvalue weighted by Gasteiger charge is -2.10. The second kappa shape index (κ2) is 8.18. The van der Waals surface area contributed by atoms with Crippen LogP contribution in [0.4, 0.5) is 0 Å². The number of carbonyl (C=O) groups is 2. The van der Waals surface area contributed by atoms with Crippen molar-refractivity contribution < 1.29 is 22.7 Å². The standard InChI is InChI=1S/C21H22N2O5S/c1-13-8-9-14(2)19(10-13)29(26,27)22-11-20(25)28-12-18(24)21-15(3)23-17-7-5-4-6-16(17)21/h4-10,22-23H,11-12H2,1-3H3. The number of carbonyl (C=O) groups excluding carboxylic acids is 2. The Morgan fingerprint density at radius 2 is 1.79 bits per heavy atom. The van der Waals surface area contributed by atoms with Gasteiger partial charge in [-0.15, -0.1) is 0 Å². The predicted molar refractivity (Wildman–Crippen MR) is 109 cm³/mol. The fourth-order valence-electron chi connectivity index (χ4n) is 3.13. The number of ketones is 1. The third-order valence-electron chi connectivity index (χ3n) is 4.58. The van der Waals surface area contributed by atoms with Gasteiger partial charge in [0, 0.05) is 22.2 Å². The van der Waals surface area contributed by atoms with Crippen molar-refractivity contribution in [3.05, 3.63) is 64.8 Å². The van der Waals surface area contributed by atoms with Gasteiger partial charge in [0.25, 0.3) is 0 Å². The van der Waals surface area contributed by atoms with Crippen LogP contribution in [0.2, 0.25) is 0 Å². The molecule has 29 heavy (non-hydrogen) atoms. The molecule has 0 unspecified atom stereocenters. The van der Waals surface area contributed by atoms with Gasteiger partial charge in [-0.25, -0.2) is 8.42 Å². The SMILES string of the molecule is Cc1ccc(C)c(S(=O)(=O)NCC(=O)OCC(=O)c2c(C)[nH]c3ccccc23)c1. The van der Waals surface area contributed by atoms with E-state index in [-0.39, 0.29) is 10.7 Å². The highest BCUT2D eigenvalue weighted by molar-refractivity contribution is 7.89. The average molecular weight is 414 g/mol. The molecule has 0 radical (unpaired) electrons. The minimum Gasteiger partial charge on any atom is -0.456 e. The van der Waals surface area contributed by atoms with Gasteiger partial charge in [0.2, 0.25) is 15.8 Å². The van der Waals surface area contributed by atoms with Gasteiger partial charge in [0.1, 0.15) is 6.54 Å². The van der Waals surface area contributed by atoms with E-state index in [1.54, 1.807) is 32.9 Å². The number of hydrogen-bond donors (Lipinski definition) is 2. The molecule has 0 aliphatic heterocycles. The summed E-state index contributed by atoms with van der Waals surface area (Å²) in [5.74, 6) is -1.18. The first-order valence-corrected chi connectivity index (χ1v) is 10.5. The Hall–Kier alpha value is -2.97. The van der Waals surface area contributed by atoms with Crippen molar-refractivity contribution in [3.8, 4) is 0 Å². The highest BCUT2D eigenvalue weighted by atomic mass is 32.2. The number of aryl methyl sites for hydroxylation is 3. The number of para-hydroxylation sites is 1. The van der Waals surface area contributed by atoms with E-state index in [2.05, 4.69) is 9.71 Å². The summed E-state index contributed by atoms with van der Waals surface area (Å²) in [6.07, 6.45) is 0. The van der Waals surface area contributed by atoms with Crippen LogP contribution in [-0.4, -0.2) is 38.3 Å². The molecule has 3 aromatic rings. The maximum Gasteiger partial charge on any atom is 0.321 e. The van der Waals surface area contributed by atoms with E-state index in [1.165, 1.54) is 6.07 Å². The lowest BCUT2D eigenvalue weighted by molar-refractivity contribution is -0.141. The third kappa shape index (κ3) is 4.55. The number of fused-ring (bicyclic) bond motifs is 1. The second-order valence-corrected chi connectivity index (χ2v) is 8.58. The number of benzene rings is 2. The quantitative estimate of drug-likeness (QED) is 0.457. The van der Waals surface area contributed by atoms with Crippen LogP contribution in [0.25, 0.3) is 10.9 Å². The van der Waals surface area contributed by atoms with Crippen LogP contribution < -0.4 is 4.72 Å². The van der Waals surface area contributed by atoms with E-state index in [0.717, 1.165) is 16.5 Å². The Morgan fingerprint density at radius 3 is 2.55 bits per heavy atom. The van der Waals surface area contributed by atoms with Gasteiger partial charge in [-0.3, -0.25) is 9.59 Å². The summed E-state index contributed by atoms with van der Waals surface area (Å²) in [5.41, 5.74) is 3.33. The van der Waals surface area contributed by atoms with E-state index in [9.17, 15) is 18.0 Å². The molecule has 1 heterocycles. The van der Waals surface area contributed by atoms with Crippen molar-refractivity contribution in [1.29, 1.82) is 0 Å². The summed E-state index contributed by atoms with van der Waals surface area (Å²) >= 11 is 0. The van der Waals surface area contributed by atoms with Crippen LogP contribution in [0.5, 0.6) is 0 Å². The lowest BCUT2D eigenvalue weighted by atomic mass is 10.1. The first-order chi connectivity index (χ1) is 13.7. The van der Waals surface area contributed by atoms with E-state index in [4.69, 9.17) is 4.74 Å². The highest BCUT2D eigenvalue weighted by Crippen LogP contribution is 2.22. The van der Waals surface area contributed by atoms with Crippen LogP contribution in [0.1, 0.15) is 27.2 Å². The molecule has 0 saturated carbocycles. The van der Waals surface area contributed by atoms with Crippen molar-refractivity contribution >= 4 is 32.7 Å². The first kappa shape index (κ1) is 20.8. The van der Waals surface area contributed by atoms with E-state index < -0.39 is 29.1 Å². The number of ether oxygens (including phenoxy) is 1. The Kier molecular flexibility index (Phi) is 5.86. The molecule has 0 aliphatic carbocycles. The number of esters is 1. The van der Waals surface area contributed by atoms with Crippen molar-refractivity contribution in [2.24, 2.45) is 0 Å². The Morgan fingerprint density at radius 1 is 1.07 bits per heavy atom. The van der Waals surface area contributed by atoms with Crippen molar-refractivity contribution in [2.75, 3.05) is 13.2 Å². The van der Waals surface area contributed by atoms with Gasteiger partial charge >= 0.3 is 5.97 Å². The molecule has 7 nitrogen and oxygen atoms in total. The van der Waals surface area contributed by atoms with Gasteiger partial charge in [0.15, 0.2) is 6.61 Å². The number of rotatable bonds is 7. The molecule has 0 atom stereocenters.